The Hall–Kier alpha value is -2.30. The lowest BCUT2D eigenvalue weighted by atomic mass is 10.0. The van der Waals surface area contributed by atoms with Crippen molar-refractivity contribution < 1.29 is 4.74 Å². The van der Waals surface area contributed by atoms with Crippen molar-refractivity contribution >= 4 is 17.5 Å². The fourth-order valence-corrected chi connectivity index (χ4v) is 3.08. The molecular weight excluding hydrogens is 300 g/mol. The smallest absolute Gasteiger partial charge is 0.227 e. The summed E-state index contributed by atoms with van der Waals surface area (Å²) in [7, 11) is 0. The van der Waals surface area contributed by atoms with Crippen molar-refractivity contribution in [2.75, 3.05) is 29.9 Å². The summed E-state index contributed by atoms with van der Waals surface area (Å²) in [6, 6.07) is 9.92. The Morgan fingerprint density at radius 1 is 1.25 bits per heavy atom. The molecule has 0 amide bonds. The van der Waals surface area contributed by atoms with E-state index in [2.05, 4.69) is 22.1 Å². The van der Waals surface area contributed by atoms with Gasteiger partial charge in [-0.1, -0.05) is 6.92 Å². The molecule has 0 spiro atoms. The Labute approximate surface area is 144 Å². The van der Waals surface area contributed by atoms with E-state index >= 15 is 0 Å². The summed E-state index contributed by atoms with van der Waals surface area (Å²) in [5, 5.41) is 3.37. The molecule has 1 N–H and O–H groups in total. The van der Waals surface area contributed by atoms with E-state index in [-0.39, 0.29) is 0 Å². The van der Waals surface area contributed by atoms with Crippen LogP contribution in [0.1, 0.15) is 32.4 Å². The van der Waals surface area contributed by atoms with Crippen molar-refractivity contribution in [1.82, 2.24) is 9.97 Å². The molecule has 0 saturated carbocycles. The van der Waals surface area contributed by atoms with Crippen LogP contribution in [0.5, 0.6) is 5.75 Å². The third-order valence-electron chi connectivity index (χ3n) is 4.22. The van der Waals surface area contributed by atoms with Gasteiger partial charge < -0.3 is 15.0 Å². The van der Waals surface area contributed by atoms with Crippen molar-refractivity contribution in [1.29, 1.82) is 0 Å². The minimum absolute atomic E-state index is 0.676. The molecule has 1 aliphatic heterocycles. The van der Waals surface area contributed by atoms with Gasteiger partial charge in [-0.25, -0.2) is 4.98 Å². The van der Waals surface area contributed by atoms with Gasteiger partial charge in [0.05, 0.1) is 6.61 Å². The van der Waals surface area contributed by atoms with Gasteiger partial charge in [-0.15, -0.1) is 0 Å². The summed E-state index contributed by atoms with van der Waals surface area (Å²) in [6.07, 6.45) is 2.50. The SMILES string of the molecule is CCOc1ccc(Nc2cc(C)nc(N3CCCC(C)C3)n2)cc1. The van der Waals surface area contributed by atoms with E-state index < -0.39 is 0 Å². The van der Waals surface area contributed by atoms with Crippen molar-refractivity contribution in [2.45, 2.75) is 33.6 Å². The number of rotatable bonds is 5. The standard InChI is InChI=1S/C19H26N4O/c1-4-24-17-9-7-16(8-10-17)21-18-12-15(3)20-19(22-18)23-11-5-6-14(2)13-23/h7-10,12,14H,4-6,11,13H2,1-3H3,(H,20,21,22). The van der Waals surface area contributed by atoms with Crippen LogP contribution in [0.3, 0.4) is 0 Å². The van der Waals surface area contributed by atoms with Crippen LogP contribution in [0, 0.1) is 12.8 Å². The zero-order valence-corrected chi connectivity index (χ0v) is 14.7. The first-order valence-electron chi connectivity index (χ1n) is 8.74. The highest BCUT2D eigenvalue weighted by atomic mass is 16.5. The summed E-state index contributed by atoms with van der Waals surface area (Å²) >= 11 is 0. The van der Waals surface area contributed by atoms with Crippen LogP contribution in [0.15, 0.2) is 30.3 Å². The fourth-order valence-electron chi connectivity index (χ4n) is 3.08. The Bertz CT molecular complexity index is 672. The van der Waals surface area contributed by atoms with Crippen LogP contribution in [-0.2, 0) is 0 Å². The zero-order valence-electron chi connectivity index (χ0n) is 14.7. The van der Waals surface area contributed by atoms with Crippen LogP contribution in [-0.4, -0.2) is 29.7 Å². The Balaban J connectivity index is 1.75. The summed E-state index contributed by atoms with van der Waals surface area (Å²) in [5.41, 5.74) is 1.97. The highest BCUT2D eigenvalue weighted by molar-refractivity contribution is 5.58. The summed E-state index contributed by atoms with van der Waals surface area (Å²) in [4.78, 5) is 11.6. The van der Waals surface area contributed by atoms with Crippen molar-refractivity contribution in [3.8, 4) is 5.75 Å². The second-order valence-electron chi connectivity index (χ2n) is 6.47. The largest absolute Gasteiger partial charge is 0.494 e. The molecule has 128 valence electrons. The molecule has 24 heavy (non-hydrogen) atoms. The first kappa shape index (κ1) is 16.6. The van der Waals surface area contributed by atoms with Crippen molar-refractivity contribution in [2.24, 2.45) is 5.92 Å². The van der Waals surface area contributed by atoms with Crippen molar-refractivity contribution in [3.63, 3.8) is 0 Å². The molecule has 2 aromatic rings. The van der Waals surface area contributed by atoms with Gasteiger partial charge in [-0.3, -0.25) is 0 Å². The Morgan fingerprint density at radius 2 is 2.04 bits per heavy atom. The second-order valence-corrected chi connectivity index (χ2v) is 6.47. The summed E-state index contributed by atoms with van der Waals surface area (Å²) in [6.45, 7) is 9.04. The van der Waals surface area contributed by atoms with E-state index in [1.165, 1.54) is 12.8 Å². The number of aryl methyl sites for hydroxylation is 1. The molecular formula is C19H26N4O. The number of aromatic nitrogens is 2. The topological polar surface area (TPSA) is 50.3 Å². The number of piperidine rings is 1. The van der Waals surface area contributed by atoms with Crippen LogP contribution in [0.25, 0.3) is 0 Å². The van der Waals surface area contributed by atoms with Gasteiger partial charge in [-0.05, 0) is 56.9 Å². The molecule has 0 aliphatic carbocycles. The average molecular weight is 326 g/mol. The maximum atomic E-state index is 5.48. The Morgan fingerprint density at radius 3 is 2.75 bits per heavy atom. The summed E-state index contributed by atoms with van der Waals surface area (Å²) in [5.74, 6) is 3.24. The molecule has 1 saturated heterocycles. The van der Waals surface area contributed by atoms with Crippen LogP contribution in [0.4, 0.5) is 17.5 Å². The number of nitrogens with zero attached hydrogens (tertiary/aromatic N) is 3. The number of hydrogen-bond donors (Lipinski definition) is 1. The maximum Gasteiger partial charge on any atom is 0.227 e. The van der Waals surface area contributed by atoms with Gasteiger partial charge in [0.15, 0.2) is 0 Å². The summed E-state index contributed by atoms with van der Waals surface area (Å²) < 4.78 is 5.48. The van der Waals surface area contributed by atoms with Gasteiger partial charge in [0.2, 0.25) is 5.95 Å². The minimum Gasteiger partial charge on any atom is -0.494 e. The minimum atomic E-state index is 0.676. The lowest BCUT2D eigenvalue weighted by Gasteiger charge is -2.31. The lowest BCUT2D eigenvalue weighted by Crippen LogP contribution is -2.35. The van der Waals surface area contributed by atoms with E-state index in [4.69, 9.17) is 9.72 Å². The molecule has 5 heteroatoms. The molecule has 0 radical (unpaired) electrons. The molecule has 1 aliphatic rings. The molecule has 3 rings (SSSR count). The van der Waals surface area contributed by atoms with Gasteiger partial charge >= 0.3 is 0 Å². The van der Waals surface area contributed by atoms with E-state index in [1.54, 1.807) is 0 Å². The molecule has 1 fully saturated rings. The molecule has 2 heterocycles. The Kier molecular flexibility index (Phi) is 5.18. The molecule has 5 nitrogen and oxygen atoms in total. The highest BCUT2D eigenvalue weighted by Crippen LogP contribution is 2.24. The molecule has 1 atom stereocenters. The molecule has 1 aromatic heterocycles. The monoisotopic (exact) mass is 326 g/mol. The number of nitrogens with one attached hydrogen (secondary N) is 1. The van der Waals surface area contributed by atoms with Crippen LogP contribution >= 0.6 is 0 Å². The predicted octanol–water partition coefficient (Wildman–Crippen LogP) is 4.16. The normalized spacial score (nSPS) is 17.6. The van der Waals surface area contributed by atoms with Gasteiger partial charge in [0.25, 0.3) is 0 Å². The first-order valence-corrected chi connectivity index (χ1v) is 8.74. The second kappa shape index (κ2) is 7.51. The number of hydrogen-bond acceptors (Lipinski definition) is 5. The predicted molar refractivity (Wildman–Crippen MR) is 98.3 cm³/mol. The van der Waals surface area contributed by atoms with E-state index in [1.807, 2.05) is 44.2 Å². The van der Waals surface area contributed by atoms with Crippen LogP contribution in [0.2, 0.25) is 0 Å². The number of ether oxygens (including phenoxy) is 1. The van der Waals surface area contributed by atoms with E-state index in [0.29, 0.717) is 12.5 Å². The number of benzene rings is 1. The third kappa shape index (κ3) is 4.16. The van der Waals surface area contributed by atoms with E-state index in [9.17, 15) is 0 Å². The molecule has 1 unspecified atom stereocenters. The first-order chi connectivity index (χ1) is 11.6. The van der Waals surface area contributed by atoms with Gasteiger partial charge in [0, 0.05) is 30.5 Å². The van der Waals surface area contributed by atoms with Gasteiger partial charge in [-0.2, -0.15) is 4.98 Å². The van der Waals surface area contributed by atoms with Crippen molar-refractivity contribution in [3.05, 3.63) is 36.0 Å². The average Bonchev–Trinajstić information content (AvgIpc) is 2.56. The third-order valence-corrected chi connectivity index (χ3v) is 4.22. The lowest BCUT2D eigenvalue weighted by molar-refractivity contribution is 0.340. The molecule has 0 bridgehead atoms. The van der Waals surface area contributed by atoms with Gasteiger partial charge in [0.1, 0.15) is 11.6 Å². The quantitative estimate of drug-likeness (QED) is 0.894. The maximum absolute atomic E-state index is 5.48. The molecule has 1 aromatic carbocycles. The van der Waals surface area contributed by atoms with Crippen LogP contribution < -0.4 is 15.0 Å². The van der Waals surface area contributed by atoms with E-state index in [0.717, 1.165) is 42.0 Å². The number of anilines is 3. The highest BCUT2D eigenvalue weighted by Gasteiger charge is 2.19. The zero-order chi connectivity index (χ0) is 16.9. The fraction of sp³-hybridized carbons (Fsp3) is 0.474.